The minimum absolute atomic E-state index is 0. The Bertz CT molecular complexity index is 253. The van der Waals surface area contributed by atoms with E-state index in [0.717, 1.165) is 6.42 Å². The van der Waals surface area contributed by atoms with E-state index >= 15 is 0 Å². The number of hydrogen-bond donors (Lipinski definition) is 1. The molecule has 0 heterocycles. The van der Waals surface area contributed by atoms with Crippen molar-refractivity contribution in [2.45, 2.75) is 129 Å². The predicted octanol–water partition coefficient (Wildman–Crippen LogP) is 4.50. The summed E-state index contributed by atoms with van der Waals surface area (Å²) in [5.41, 5.74) is 0. The van der Waals surface area contributed by atoms with Gasteiger partial charge in [0.25, 0.3) is 0 Å². The van der Waals surface area contributed by atoms with Gasteiger partial charge in [-0.1, -0.05) is 103 Å². The molecule has 0 fully saturated rings. The zero-order valence-corrected chi connectivity index (χ0v) is 18.6. The quantitative estimate of drug-likeness (QED) is 0.212. The third-order valence-corrected chi connectivity index (χ3v) is 5.55. The zero-order chi connectivity index (χ0) is 18.1. The number of rotatable bonds is 18. The Balaban J connectivity index is 0. The van der Waals surface area contributed by atoms with Crippen LogP contribution in [0.2, 0.25) is 0 Å². The van der Waals surface area contributed by atoms with E-state index in [1.165, 1.54) is 103 Å². The van der Waals surface area contributed by atoms with Crippen molar-refractivity contribution in [2.24, 2.45) is 0 Å². The molecule has 0 aromatic rings. The van der Waals surface area contributed by atoms with Crippen LogP contribution in [0.3, 0.4) is 0 Å². The maximum atomic E-state index is 9.85. The predicted molar refractivity (Wildman–Crippen MR) is 108 cm³/mol. The first-order chi connectivity index (χ1) is 11.5. The molecule has 1 N–H and O–H groups in total. The van der Waals surface area contributed by atoms with Gasteiger partial charge in [0, 0.05) is 6.42 Å². The van der Waals surface area contributed by atoms with Crippen molar-refractivity contribution >= 4 is 0 Å². The molecule has 0 saturated heterocycles. The lowest BCUT2D eigenvalue weighted by Crippen LogP contribution is -3.00. The Morgan fingerprint density at radius 3 is 1.16 bits per heavy atom. The summed E-state index contributed by atoms with van der Waals surface area (Å²) in [5, 5.41) is 9.85. The summed E-state index contributed by atoms with van der Waals surface area (Å²) >= 11 is 0. The van der Waals surface area contributed by atoms with E-state index in [9.17, 15) is 5.21 Å². The van der Waals surface area contributed by atoms with E-state index < -0.39 is 0 Å². The van der Waals surface area contributed by atoms with Gasteiger partial charge in [0.2, 0.25) is 0 Å². The fourth-order valence-electron chi connectivity index (χ4n) is 3.30. The zero-order valence-electron chi connectivity index (χ0n) is 17.9. The summed E-state index contributed by atoms with van der Waals surface area (Å²) in [4.78, 5) is 0. The fraction of sp³-hybridized carbons (Fsp3) is 1.00. The highest BCUT2D eigenvalue weighted by atomic mass is 35.5. The first-order valence-corrected chi connectivity index (χ1v) is 11.0. The average Bonchev–Trinajstić information content (AvgIpc) is 2.53. The molecule has 0 aliphatic carbocycles. The second-order valence-corrected chi connectivity index (χ2v) is 8.42. The molecule has 3 heteroatoms. The summed E-state index contributed by atoms with van der Waals surface area (Å²) in [6, 6.07) is 0.358. The van der Waals surface area contributed by atoms with Gasteiger partial charge in [-0.15, -0.1) is 0 Å². The monoisotopic (exact) mass is 377 g/mol. The second-order valence-electron chi connectivity index (χ2n) is 8.42. The minimum atomic E-state index is 0. The summed E-state index contributed by atoms with van der Waals surface area (Å²) in [6.45, 7) is 4.43. The Kier molecular flexibility index (Phi) is 20.8. The Hall–Kier alpha value is 0.210. The van der Waals surface area contributed by atoms with Gasteiger partial charge in [-0.05, 0) is 13.3 Å². The molecule has 0 radical (unpaired) electrons. The number of unbranched alkanes of at least 4 members (excludes halogenated alkanes) is 15. The van der Waals surface area contributed by atoms with Gasteiger partial charge in [0.15, 0.2) is 0 Å². The van der Waals surface area contributed by atoms with Crippen LogP contribution in [0.4, 0.5) is 0 Å². The van der Waals surface area contributed by atoms with Gasteiger partial charge < -0.3 is 12.4 Å². The Morgan fingerprint density at radius 1 is 0.600 bits per heavy atom. The van der Waals surface area contributed by atoms with Gasteiger partial charge >= 0.3 is 0 Å². The fourth-order valence-corrected chi connectivity index (χ4v) is 3.30. The molecular weight excluding hydrogens is 330 g/mol. The third kappa shape index (κ3) is 20.4. The maximum Gasteiger partial charge on any atom is 0.116 e. The van der Waals surface area contributed by atoms with E-state index in [-0.39, 0.29) is 17.1 Å². The van der Waals surface area contributed by atoms with Crippen LogP contribution in [0, 0.1) is 0 Å². The second kappa shape index (κ2) is 19.0. The number of nitrogens with zero attached hydrogens (tertiary/aromatic N) is 1. The highest BCUT2D eigenvalue weighted by Gasteiger charge is 2.20. The molecule has 1 unspecified atom stereocenters. The Labute approximate surface area is 165 Å². The number of hydroxylamine groups is 3. The van der Waals surface area contributed by atoms with Crippen molar-refractivity contribution in [1.29, 1.82) is 0 Å². The van der Waals surface area contributed by atoms with E-state index in [2.05, 4.69) is 13.8 Å². The topological polar surface area (TPSA) is 20.2 Å². The molecule has 25 heavy (non-hydrogen) atoms. The first kappa shape index (κ1) is 27.4. The van der Waals surface area contributed by atoms with Gasteiger partial charge in [-0.25, -0.2) is 5.21 Å². The van der Waals surface area contributed by atoms with Crippen LogP contribution in [0.15, 0.2) is 0 Å². The number of quaternary nitrogens is 1. The van der Waals surface area contributed by atoms with Gasteiger partial charge in [-0.2, -0.15) is 4.65 Å². The van der Waals surface area contributed by atoms with Gasteiger partial charge in [0.1, 0.15) is 6.04 Å². The smallest absolute Gasteiger partial charge is 0.116 e. The van der Waals surface area contributed by atoms with Crippen molar-refractivity contribution in [3.05, 3.63) is 0 Å². The molecule has 154 valence electrons. The van der Waals surface area contributed by atoms with E-state index in [1.54, 1.807) is 0 Å². The van der Waals surface area contributed by atoms with Crippen LogP contribution >= 0.6 is 0 Å². The van der Waals surface area contributed by atoms with Crippen LogP contribution in [0.25, 0.3) is 0 Å². The summed E-state index contributed by atoms with van der Waals surface area (Å²) in [7, 11) is 3.74. The molecule has 2 nitrogen and oxygen atoms in total. The van der Waals surface area contributed by atoms with Crippen molar-refractivity contribution < 1.29 is 22.3 Å². The molecular formula is C22H48ClNO. The van der Waals surface area contributed by atoms with Crippen LogP contribution in [0.1, 0.15) is 123 Å². The van der Waals surface area contributed by atoms with Crippen molar-refractivity contribution in [3.8, 4) is 0 Å². The lowest BCUT2D eigenvalue weighted by molar-refractivity contribution is -1.09. The lowest BCUT2D eigenvalue weighted by Gasteiger charge is -2.27. The van der Waals surface area contributed by atoms with Crippen LogP contribution in [-0.4, -0.2) is 30.0 Å². The molecule has 1 atom stereocenters. The molecule has 0 spiro atoms. The van der Waals surface area contributed by atoms with Crippen molar-refractivity contribution in [3.63, 3.8) is 0 Å². The molecule has 0 aromatic heterocycles. The lowest BCUT2D eigenvalue weighted by atomic mass is 10.0. The summed E-state index contributed by atoms with van der Waals surface area (Å²) in [5.74, 6) is 0. The number of hydrogen-bond acceptors (Lipinski definition) is 1. The molecule has 0 aliphatic rings. The first-order valence-electron chi connectivity index (χ1n) is 11.0. The summed E-state index contributed by atoms with van der Waals surface area (Å²) in [6.07, 6.45) is 23.8. The van der Waals surface area contributed by atoms with Crippen molar-refractivity contribution in [2.75, 3.05) is 14.1 Å². The third-order valence-electron chi connectivity index (χ3n) is 5.55. The van der Waals surface area contributed by atoms with Crippen molar-refractivity contribution in [1.82, 2.24) is 0 Å². The molecule has 0 saturated carbocycles. The molecule has 0 aromatic carbocycles. The molecule has 0 bridgehead atoms. The van der Waals surface area contributed by atoms with Crippen LogP contribution in [0.5, 0.6) is 0 Å². The maximum absolute atomic E-state index is 9.85. The molecule has 0 rings (SSSR count). The molecule has 0 aliphatic heterocycles. The van der Waals surface area contributed by atoms with E-state index in [1.807, 2.05) is 14.1 Å². The minimum Gasteiger partial charge on any atom is -1.00 e. The standard InChI is InChI=1S/C22H48NO.ClH/c1-5-6-7-8-9-10-11-12-13-14-15-16-17-18-19-20-21-22(2)23(3,4)24;/h22,24H,5-21H2,1-4H3;1H/q+1;/p-1. The SMILES string of the molecule is CCCCCCCCCCCCCCCCCCC(C)[N+](C)(C)O.[Cl-]. The van der Waals surface area contributed by atoms with E-state index in [4.69, 9.17) is 0 Å². The van der Waals surface area contributed by atoms with E-state index in [0.29, 0.717) is 6.04 Å². The highest BCUT2D eigenvalue weighted by molar-refractivity contribution is 4.52. The summed E-state index contributed by atoms with van der Waals surface area (Å²) < 4.78 is 0.110. The van der Waals surface area contributed by atoms with Crippen LogP contribution in [-0.2, 0) is 0 Å². The Morgan fingerprint density at radius 2 is 0.880 bits per heavy atom. The largest absolute Gasteiger partial charge is 1.00 e. The normalized spacial score (nSPS) is 12.8. The van der Waals surface area contributed by atoms with Gasteiger partial charge in [-0.3, -0.25) is 0 Å². The molecule has 0 amide bonds. The number of halogens is 1. The van der Waals surface area contributed by atoms with Gasteiger partial charge in [0.05, 0.1) is 14.1 Å². The van der Waals surface area contributed by atoms with Crippen LogP contribution < -0.4 is 12.4 Å². The average molecular weight is 378 g/mol. The highest BCUT2D eigenvalue weighted by Crippen LogP contribution is 2.15.